The Morgan fingerprint density at radius 2 is 2.00 bits per heavy atom. The lowest BCUT2D eigenvalue weighted by atomic mass is 10.0. The highest BCUT2D eigenvalue weighted by molar-refractivity contribution is 7.99. The summed E-state index contributed by atoms with van der Waals surface area (Å²) in [4.78, 5) is 22.6. The zero-order chi connectivity index (χ0) is 14.1. The zero-order valence-electron chi connectivity index (χ0n) is 11.0. The van der Waals surface area contributed by atoms with E-state index in [1.54, 1.807) is 11.8 Å². The van der Waals surface area contributed by atoms with E-state index in [2.05, 4.69) is 12.2 Å². The number of amides is 1. The van der Waals surface area contributed by atoms with Gasteiger partial charge >= 0.3 is 5.97 Å². The van der Waals surface area contributed by atoms with Gasteiger partial charge in [0, 0.05) is 0 Å². The number of rotatable bonds is 8. The van der Waals surface area contributed by atoms with Gasteiger partial charge in [-0.1, -0.05) is 37.3 Å². The molecule has 0 aliphatic rings. The number of nitrogens with one attached hydrogen (secondary N) is 1. The molecule has 4 nitrogen and oxygen atoms in total. The molecule has 2 N–H and O–H groups in total. The Bertz CT molecular complexity index is 408. The molecule has 0 heterocycles. The number of carbonyl (C=O) groups is 2. The molecule has 1 rings (SSSR count). The van der Waals surface area contributed by atoms with Gasteiger partial charge < -0.3 is 10.4 Å². The zero-order valence-corrected chi connectivity index (χ0v) is 11.8. The van der Waals surface area contributed by atoms with Crippen LogP contribution in [0.2, 0.25) is 0 Å². The summed E-state index contributed by atoms with van der Waals surface area (Å²) >= 11 is 1.56. The molecular weight excluding hydrogens is 262 g/mol. The van der Waals surface area contributed by atoms with Gasteiger partial charge in [-0.25, -0.2) is 0 Å². The monoisotopic (exact) mass is 281 g/mol. The van der Waals surface area contributed by atoms with Crippen LogP contribution in [-0.2, 0) is 9.59 Å². The Morgan fingerprint density at radius 3 is 2.58 bits per heavy atom. The van der Waals surface area contributed by atoms with Crippen LogP contribution < -0.4 is 5.32 Å². The van der Waals surface area contributed by atoms with Crippen LogP contribution in [0.1, 0.15) is 31.4 Å². The fraction of sp³-hybridized carbons (Fsp3) is 0.429. The van der Waals surface area contributed by atoms with E-state index in [1.165, 1.54) is 0 Å². The van der Waals surface area contributed by atoms with Crippen molar-refractivity contribution in [3.05, 3.63) is 35.9 Å². The summed E-state index contributed by atoms with van der Waals surface area (Å²) in [6.07, 6.45) is 0.920. The quantitative estimate of drug-likeness (QED) is 0.718. The van der Waals surface area contributed by atoms with Crippen molar-refractivity contribution in [2.24, 2.45) is 0 Å². The Morgan fingerprint density at radius 1 is 1.32 bits per heavy atom. The molecule has 5 heteroatoms. The molecule has 1 aromatic rings. The van der Waals surface area contributed by atoms with Crippen molar-refractivity contribution < 1.29 is 14.7 Å². The van der Waals surface area contributed by atoms with Gasteiger partial charge in [-0.05, 0) is 17.7 Å². The number of benzene rings is 1. The second-order valence-corrected chi connectivity index (χ2v) is 5.29. The van der Waals surface area contributed by atoms with Gasteiger partial charge in [0.15, 0.2) is 0 Å². The molecule has 0 saturated heterocycles. The Hall–Kier alpha value is -1.49. The van der Waals surface area contributed by atoms with E-state index in [4.69, 9.17) is 5.11 Å². The molecule has 1 amide bonds. The van der Waals surface area contributed by atoms with Gasteiger partial charge in [-0.15, -0.1) is 0 Å². The Kier molecular flexibility index (Phi) is 7.03. The number of thioether (sulfide) groups is 1. The van der Waals surface area contributed by atoms with Gasteiger partial charge in [-0.2, -0.15) is 11.8 Å². The van der Waals surface area contributed by atoms with Crippen LogP contribution in [0.4, 0.5) is 0 Å². The largest absolute Gasteiger partial charge is 0.481 e. The lowest BCUT2D eigenvalue weighted by molar-refractivity contribution is -0.137. The predicted octanol–water partition coefficient (Wildman–Crippen LogP) is 2.46. The van der Waals surface area contributed by atoms with Crippen molar-refractivity contribution in [3.8, 4) is 0 Å². The highest BCUT2D eigenvalue weighted by Gasteiger charge is 2.17. The molecule has 0 saturated carbocycles. The van der Waals surface area contributed by atoms with Crippen LogP contribution in [0.5, 0.6) is 0 Å². The fourth-order valence-corrected chi connectivity index (χ4v) is 2.36. The van der Waals surface area contributed by atoms with Crippen LogP contribution in [0.25, 0.3) is 0 Å². The molecular formula is C14H19NO3S. The normalized spacial score (nSPS) is 11.8. The summed E-state index contributed by atoms with van der Waals surface area (Å²) < 4.78 is 0. The molecule has 0 fully saturated rings. The van der Waals surface area contributed by atoms with Gasteiger partial charge in [0.05, 0.1) is 18.2 Å². The third-order valence-electron chi connectivity index (χ3n) is 2.50. The first-order valence-corrected chi connectivity index (χ1v) is 7.42. The number of hydrogen-bond donors (Lipinski definition) is 2. The van der Waals surface area contributed by atoms with Crippen LogP contribution in [-0.4, -0.2) is 28.5 Å². The van der Waals surface area contributed by atoms with Crippen molar-refractivity contribution in [2.75, 3.05) is 11.5 Å². The molecule has 1 atom stereocenters. The lowest BCUT2D eigenvalue weighted by Crippen LogP contribution is -2.31. The summed E-state index contributed by atoms with van der Waals surface area (Å²) in [5.74, 6) is 0.267. The summed E-state index contributed by atoms with van der Waals surface area (Å²) in [6, 6.07) is 8.72. The summed E-state index contributed by atoms with van der Waals surface area (Å²) in [5.41, 5.74) is 0.818. The van der Waals surface area contributed by atoms with Crippen LogP contribution >= 0.6 is 11.8 Å². The minimum atomic E-state index is -0.921. The minimum Gasteiger partial charge on any atom is -0.481 e. The Labute approximate surface area is 117 Å². The third kappa shape index (κ3) is 6.29. The highest BCUT2D eigenvalue weighted by Crippen LogP contribution is 2.16. The molecule has 104 valence electrons. The molecule has 19 heavy (non-hydrogen) atoms. The van der Waals surface area contributed by atoms with E-state index in [-0.39, 0.29) is 12.3 Å². The van der Waals surface area contributed by atoms with E-state index < -0.39 is 12.0 Å². The maximum atomic E-state index is 11.8. The van der Waals surface area contributed by atoms with Crippen LogP contribution in [0.3, 0.4) is 0 Å². The number of carboxylic acids is 1. The summed E-state index contributed by atoms with van der Waals surface area (Å²) in [7, 11) is 0. The third-order valence-corrected chi connectivity index (χ3v) is 3.66. The molecule has 0 spiro atoms. The van der Waals surface area contributed by atoms with Crippen molar-refractivity contribution in [1.82, 2.24) is 5.32 Å². The van der Waals surface area contributed by atoms with Gasteiger partial charge in [0.1, 0.15) is 0 Å². The van der Waals surface area contributed by atoms with Gasteiger partial charge in [0.25, 0.3) is 0 Å². The van der Waals surface area contributed by atoms with E-state index >= 15 is 0 Å². The topological polar surface area (TPSA) is 66.4 Å². The fourth-order valence-electron chi connectivity index (χ4n) is 1.66. The highest BCUT2D eigenvalue weighted by atomic mass is 32.2. The lowest BCUT2D eigenvalue weighted by Gasteiger charge is -2.17. The number of carboxylic acid groups (broad SMARTS) is 1. The minimum absolute atomic E-state index is 0.103. The van der Waals surface area contributed by atoms with Crippen LogP contribution in [0, 0.1) is 0 Å². The smallest absolute Gasteiger partial charge is 0.305 e. The maximum Gasteiger partial charge on any atom is 0.305 e. The molecule has 0 aliphatic carbocycles. The van der Waals surface area contributed by atoms with E-state index in [1.807, 2.05) is 30.3 Å². The predicted molar refractivity (Wildman–Crippen MR) is 77.2 cm³/mol. The summed E-state index contributed by atoms with van der Waals surface area (Å²) in [6.45, 7) is 2.06. The maximum absolute atomic E-state index is 11.8. The molecule has 0 aliphatic heterocycles. The average Bonchev–Trinajstić information content (AvgIpc) is 2.39. The SMILES string of the molecule is CCCSCC(=O)NC(CC(=O)O)c1ccccc1. The van der Waals surface area contributed by atoms with Crippen molar-refractivity contribution in [1.29, 1.82) is 0 Å². The van der Waals surface area contributed by atoms with E-state index in [9.17, 15) is 9.59 Å². The average molecular weight is 281 g/mol. The molecule has 0 bridgehead atoms. The van der Waals surface area contributed by atoms with Crippen molar-refractivity contribution in [3.63, 3.8) is 0 Å². The Balaban J connectivity index is 2.60. The van der Waals surface area contributed by atoms with Crippen LogP contribution in [0.15, 0.2) is 30.3 Å². The van der Waals surface area contributed by atoms with Gasteiger partial charge in [-0.3, -0.25) is 9.59 Å². The molecule has 0 aromatic heterocycles. The standard InChI is InChI=1S/C14H19NO3S/c1-2-8-19-10-13(16)15-12(9-14(17)18)11-6-4-3-5-7-11/h3-7,12H,2,8-10H2,1H3,(H,15,16)(H,17,18). The first-order chi connectivity index (χ1) is 9.13. The number of aliphatic carboxylic acids is 1. The number of hydrogen-bond acceptors (Lipinski definition) is 3. The van der Waals surface area contributed by atoms with E-state index in [0.29, 0.717) is 5.75 Å². The molecule has 1 unspecified atom stereocenters. The second-order valence-electron chi connectivity index (χ2n) is 4.18. The summed E-state index contributed by atoms with van der Waals surface area (Å²) in [5, 5.41) is 11.7. The number of carbonyl (C=O) groups excluding carboxylic acids is 1. The molecule has 1 aromatic carbocycles. The van der Waals surface area contributed by atoms with Gasteiger partial charge in [0.2, 0.25) is 5.91 Å². The van der Waals surface area contributed by atoms with E-state index in [0.717, 1.165) is 17.7 Å². The first kappa shape index (κ1) is 15.6. The second kappa shape index (κ2) is 8.58. The first-order valence-electron chi connectivity index (χ1n) is 6.27. The van der Waals surface area contributed by atoms with Crippen molar-refractivity contribution in [2.45, 2.75) is 25.8 Å². The van der Waals surface area contributed by atoms with Crippen molar-refractivity contribution >= 4 is 23.6 Å². The molecule has 0 radical (unpaired) electrons.